The zero-order chi connectivity index (χ0) is 12.2. The third-order valence-electron chi connectivity index (χ3n) is 1.90. The van der Waals surface area contributed by atoms with Gasteiger partial charge in [-0.05, 0) is 30.7 Å². The minimum atomic E-state index is -4.42. The molecular weight excluding hydrogens is 253 g/mol. The third-order valence-corrected chi connectivity index (χ3v) is 2.75. The molecule has 1 N–H and O–H groups in total. The van der Waals surface area contributed by atoms with Gasteiger partial charge in [0, 0.05) is 12.1 Å². The van der Waals surface area contributed by atoms with Gasteiger partial charge in [0.05, 0.1) is 4.90 Å². The Labute approximate surface area is 123 Å². The van der Waals surface area contributed by atoms with Crippen molar-refractivity contribution in [3.8, 4) is 0 Å². The van der Waals surface area contributed by atoms with Crippen LogP contribution in [0.4, 0.5) is 5.69 Å². The molecule has 88 valence electrons. The quantitative estimate of drug-likeness (QED) is 0.521. The third kappa shape index (κ3) is 5.65. The van der Waals surface area contributed by atoms with E-state index in [4.69, 9.17) is 0 Å². The van der Waals surface area contributed by atoms with E-state index in [9.17, 15) is 17.8 Å². The minimum Gasteiger partial charge on any atom is -0.744 e. The van der Waals surface area contributed by atoms with E-state index in [0.29, 0.717) is 12.1 Å². The van der Waals surface area contributed by atoms with Crippen LogP contribution in [0.2, 0.25) is 0 Å². The van der Waals surface area contributed by atoms with Crippen LogP contribution in [-0.2, 0) is 14.9 Å². The summed E-state index contributed by atoms with van der Waals surface area (Å²) >= 11 is 0. The van der Waals surface area contributed by atoms with Crippen LogP contribution in [0, 0.1) is 0 Å². The van der Waals surface area contributed by atoms with Crippen LogP contribution in [0.15, 0.2) is 29.2 Å². The number of rotatable bonds is 4. The van der Waals surface area contributed by atoms with Gasteiger partial charge in [0.1, 0.15) is 10.1 Å². The van der Waals surface area contributed by atoms with Gasteiger partial charge in [-0.15, -0.1) is 0 Å². The molecule has 0 unspecified atom stereocenters. The average molecular weight is 265 g/mol. The molecule has 0 fully saturated rings. The van der Waals surface area contributed by atoms with Gasteiger partial charge in [-0.25, -0.2) is 8.42 Å². The Hall–Kier alpha value is -0.400. The molecule has 7 heteroatoms. The van der Waals surface area contributed by atoms with Crippen LogP contribution in [0.5, 0.6) is 0 Å². The van der Waals surface area contributed by atoms with Crippen molar-refractivity contribution in [3.63, 3.8) is 0 Å². The first-order valence-electron chi connectivity index (χ1n) is 4.79. The Kier molecular flexibility index (Phi) is 6.96. The fourth-order valence-electron chi connectivity index (χ4n) is 1.16. The molecule has 0 saturated carbocycles. The van der Waals surface area contributed by atoms with Crippen molar-refractivity contribution in [2.45, 2.75) is 24.7 Å². The monoisotopic (exact) mass is 265 g/mol. The first kappa shape index (κ1) is 16.6. The van der Waals surface area contributed by atoms with Crippen LogP contribution in [0.3, 0.4) is 0 Å². The topological polar surface area (TPSA) is 86.3 Å². The molecule has 0 aliphatic rings. The van der Waals surface area contributed by atoms with Crippen molar-refractivity contribution in [2.24, 2.45) is 0 Å². The molecule has 0 aliphatic heterocycles. The van der Waals surface area contributed by atoms with Gasteiger partial charge in [0.15, 0.2) is 0 Å². The van der Waals surface area contributed by atoms with Crippen LogP contribution in [0.25, 0.3) is 0 Å². The van der Waals surface area contributed by atoms with E-state index in [1.54, 1.807) is 0 Å². The number of hydrogen-bond donors (Lipinski definition) is 1. The van der Waals surface area contributed by atoms with Crippen molar-refractivity contribution in [2.75, 3.05) is 5.32 Å². The molecule has 0 atom stereocenters. The number of hydrogen-bond acceptors (Lipinski definition) is 4. The summed E-state index contributed by atoms with van der Waals surface area (Å²) < 4.78 is 31.9. The van der Waals surface area contributed by atoms with Gasteiger partial charge in [0.25, 0.3) is 0 Å². The molecule has 0 heterocycles. The van der Waals surface area contributed by atoms with E-state index in [-0.39, 0.29) is 40.4 Å². The smallest absolute Gasteiger partial charge is 0.744 e. The van der Waals surface area contributed by atoms with Gasteiger partial charge in [-0.3, -0.25) is 4.79 Å². The summed E-state index contributed by atoms with van der Waals surface area (Å²) in [7, 11) is -4.42. The maximum absolute atomic E-state index is 11.2. The second-order valence-electron chi connectivity index (χ2n) is 3.28. The van der Waals surface area contributed by atoms with Gasteiger partial charge in [0.2, 0.25) is 5.91 Å². The molecule has 0 bridgehead atoms. The van der Waals surface area contributed by atoms with E-state index in [2.05, 4.69) is 5.32 Å². The number of anilines is 1. The second kappa shape index (κ2) is 7.13. The van der Waals surface area contributed by atoms with Crippen LogP contribution in [-0.4, -0.2) is 18.9 Å². The maximum Gasteiger partial charge on any atom is 1.00 e. The minimum absolute atomic E-state index is 0. The Balaban J connectivity index is 0.00000256. The largest absolute Gasteiger partial charge is 1.00 e. The molecule has 5 nitrogen and oxygen atoms in total. The summed E-state index contributed by atoms with van der Waals surface area (Å²) in [6, 6.07) is 5.12. The van der Waals surface area contributed by atoms with Crippen LogP contribution in [0.1, 0.15) is 19.8 Å². The molecule has 0 spiro atoms. The molecule has 17 heavy (non-hydrogen) atoms. The van der Waals surface area contributed by atoms with Crippen molar-refractivity contribution in [3.05, 3.63) is 24.3 Å². The van der Waals surface area contributed by atoms with Crippen LogP contribution < -0.4 is 34.9 Å². The van der Waals surface area contributed by atoms with E-state index in [1.165, 1.54) is 24.3 Å². The molecule has 1 amide bonds. The fraction of sp³-hybridized carbons (Fsp3) is 0.300. The molecule has 0 aliphatic carbocycles. The van der Waals surface area contributed by atoms with Crippen molar-refractivity contribution in [1.82, 2.24) is 0 Å². The molecule has 1 aromatic rings. The first-order chi connectivity index (χ1) is 7.43. The summed E-state index contributed by atoms with van der Waals surface area (Å²) in [4.78, 5) is 10.9. The second-order valence-corrected chi connectivity index (χ2v) is 4.66. The van der Waals surface area contributed by atoms with Crippen molar-refractivity contribution < 1.29 is 47.3 Å². The summed E-state index contributed by atoms with van der Waals surface area (Å²) in [6.45, 7) is 1.88. The van der Waals surface area contributed by atoms with Crippen molar-refractivity contribution >= 4 is 21.7 Å². The molecule has 0 aromatic heterocycles. The standard InChI is InChI=1S/C10H13NO4S.Na/c1-2-3-10(12)11-8-4-6-9(7-5-8)16(13,14)15;/h4-7H,2-3H2,1H3,(H,11,12)(H,13,14,15);/q;+1/p-1. The fourth-order valence-corrected chi connectivity index (χ4v) is 1.62. The first-order valence-corrected chi connectivity index (χ1v) is 6.20. The van der Waals surface area contributed by atoms with Crippen LogP contribution >= 0.6 is 0 Å². The maximum atomic E-state index is 11.2. The molecule has 1 rings (SSSR count). The summed E-state index contributed by atoms with van der Waals surface area (Å²) in [6.07, 6.45) is 1.14. The molecule has 1 aromatic carbocycles. The Morgan fingerprint density at radius 2 is 1.82 bits per heavy atom. The SMILES string of the molecule is CCCC(=O)Nc1ccc(S(=O)(=O)[O-])cc1.[Na+]. The summed E-state index contributed by atoms with van der Waals surface area (Å²) in [5, 5.41) is 2.59. The molecule has 0 radical (unpaired) electrons. The van der Waals surface area contributed by atoms with E-state index < -0.39 is 10.1 Å². The zero-order valence-corrected chi connectivity index (χ0v) is 12.6. The number of carbonyl (C=O) groups is 1. The Morgan fingerprint density at radius 1 is 1.29 bits per heavy atom. The summed E-state index contributed by atoms with van der Waals surface area (Å²) in [5.41, 5.74) is 0.478. The zero-order valence-electron chi connectivity index (χ0n) is 9.76. The molecule has 0 saturated heterocycles. The van der Waals surface area contributed by atoms with Gasteiger partial charge in [-0.1, -0.05) is 6.92 Å². The van der Waals surface area contributed by atoms with E-state index >= 15 is 0 Å². The summed E-state index contributed by atoms with van der Waals surface area (Å²) in [5.74, 6) is -0.139. The average Bonchev–Trinajstić information content (AvgIpc) is 2.17. The number of carbonyl (C=O) groups excluding carboxylic acids is 1. The number of benzene rings is 1. The predicted octanol–water partition coefficient (Wildman–Crippen LogP) is -1.67. The Bertz CT molecular complexity index is 470. The van der Waals surface area contributed by atoms with E-state index in [0.717, 1.165) is 6.42 Å². The predicted molar refractivity (Wildman–Crippen MR) is 57.9 cm³/mol. The Morgan fingerprint density at radius 3 is 2.24 bits per heavy atom. The number of amides is 1. The van der Waals surface area contributed by atoms with Gasteiger partial charge < -0.3 is 9.87 Å². The van der Waals surface area contributed by atoms with Gasteiger partial charge in [-0.2, -0.15) is 0 Å². The van der Waals surface area contributed by atoms with Crippen molar-refractivity contribution in [1.29, 1.82) is 0 Å². The molecular formula is C10H12NNaO4S. The number of nitrogens with one attached hydrogen (secondary N) is 1. The normalized spacial score (nSPS) is 10.5. The van der Waals surface area contributed by atoms with Gasteiger partial charge >= 0.3 is 29.6 Å². The van der Waals surface area contributed by atoms with E-state index in [1.807, 2.05) is 6.92 Å².